The van der Waals surface area contributed by atoms with Gasteiger partial charge in [-0.2, -0.15) is 0 Å². The van der Waals surface area contributed by atoms with Crippen molar-refractivity contribution in [2.45, 2.75) is 37.5 Å². The van der Waals surface area contributed by atoms with Gasteiger partial charge in [-0.15, -0.1) is 11.8 Å². The highest BCUT2D eigenvalue weighted by atomic mass is 32.2. The molecule has 2 heterocycles. The molecular weight excluding hydrogens is 454 g/mol. The van der Waals surface area contributed by atoms with Gasteiger partial charge < -0.3 is 15.7 Å². The quantitative estimate of drug-likeness (QED) is 0.493. The van der Waals surface area contributed by atoms with Crippen LogP contribution in [-0.2, 0) is 11.3 Å². The summed E-state index contributed by atoms with van der Waals surface area (Å²) in [7, 11) is 1.95. The third-order valence-electron chi connectivity index (χ3n) is 5.76. The molecule has 3 N–H and O–H groups in total. The van der Waals surface area contributed by atoms with Gasteiger partial charge in [0.25, 0.3) is 0 Å². The van der Waals surface area contributed by atoms with E-state index in [0.29, 0.717) is 17.1 Å². The molecule has 2 aromatic rings. The Bertz CT molecular complexity index is 1090. The number of benzene rings is 1. The molecular formula is C24H29N5O4S. The Balaban J connectivity index is 1.83. The minimum Gasteiger partial charge on any atom is -0.478 e. The van der Waals surface area contributed by atoms with Crippen LogP contribution in [0.15, 0.2) is 65.0 Å². The van der Waals surface area contributed by atoms with Gasteiger partial charge in [0.15, 0.2) is 0 Å². The van der Waals surface area contributed by atoms with Gasteiger partial charge in [0.1, 0.15) is 11.1 Å². The molecule has 10 heteroatoms. The summed E-state index contributed by atoms with van der Waals surface area (Å²) in [4.78, 5) is 45.6. The number of hydrogen-bond donors (Lipinski definition) is 3. The normalized spacial score (nSPS) is 16.9. The second-order valence-electron chi connectivity index (χ2n) is 8.08. The van der Waals surface area contributed by atoms with E-state index in [2.05, 4.69) is 20.5 Å². The predicted octanol–water partition coefficient (Wildman–Crippen LogP) is 3.46. The number of rotatable bonds is 8. The molecule has 34 heavy (non-hydrogen) atoms. The molecule has 1 aliphatic rings. The number of imide groups is 1. The topological polar surface area (TPSA) is 115 Å². The summed E-state index contributed by atoms with van der Waals surface area (Å²) in [5.41, 5.74) is 1.74. The van der Waals surface area contributed by atoms with Crippen LogP contribution in [0.2, 0.25) is 0 Å². The van der Waals surface area contributed by atoms with Crippen molar-refractivity contribution in [3.63, 3.8) is 0 Å². The number of likely N-dealkylation sites (N-methyl/N-ethyl adjacent to an activating group) is 1. The minimum absolute atomic E-state index is 0.0353. The fourth-order valence-electron chi connectivity index (χ4n) is 3.81. The Kier molecular flexibility index (Phi) is 8.30. The number of thioether (sulfide) groups is 1. The van der Waals surface area contributed by atoms with Crippen LogP contribution in [0.3, 0.4) is 0 Å². The third-order valence-corrected chi connectivity index (χ3v) is 6.49. The fourth-order valence-corrected chi connectivity index (χ4v) is 4.39. The van der Waals surface area contributed by atoms with Crippen molar-refractivity contribution < 1.29 is 19.5 Å². The van der Waals surface area contributed by atoms with Crippen molar-refractivity contribution in [3.8, 4) is 0 Å². The van der Waals surface area contributed by atoms with Gasteiger partial charge in [-0.3, -0.25) is 4.90 Å². The first-order chi connectivity index (χ1) is 16.2. The monoisotopic (exact) mass is 483 g/mol. The van der Waals surface area contributed by atoms with E-state index < -0.39 is 24.1 Å². The Morgan fingerprint density at radius 2 is 1.97 bits per heavy atom. The highest BCUT2D eigenvalue weighted by molar-refractivity contribution is 7.98. The number of hydrogen-bond acceptors (Lipinski definition) is 6. The molecule has 180 valence electrons. The smallest absolute Gasteiger partial charge is 0.335 e. The Morgan fingerprint density at radius 3 is 2.62 bits per heavy atom. The van der Waals surface area contributed by atoms with Crippen LogP contribution in [0.4, 0.5) is 9.59 Å². The molecule has 0 radical (unpaired) electrons. The first-order valence-corrected chi connectivity index (χ1v) is 12.0. The largest absolute Gasteiger partial charge is 0.478 e. The highest BCUT2D eigenvalue weighted by Crippen LogP contribution is 2.37. The summed E-state index contributed by atoms with van der Waals surface area (Å²) in [6.45, 7) is 4.45. The SMILES string of the molecule is CSc1ncccc1C1C(C(=O)O)=C(C)NC(=O)N1C(=O)NCC(C)N(C)Cc1ccccc1. The van der Waals surface area contributed by atoms with Gasteiger partial charge in [0, 0.05) is 36.6 Å². The van der Waals surface area contributed by atoms with E-state index in [-0.39, 0.29) is 23.9 Å². The van der Waals surface area contributed by atoms with Gasteiger partial charge in [0.2, 0.25) is 0 Å². The van der Waals surface area contributed by atoms with Gasteiger partial charge in [-0.25, -0.2) is 24.3 Å². The van der Waals surface area contributed by atoms with E-state index >= 15 is 0 Å². The fraction of sp³-hybridized carbons (Fsp3) is 0.333. The minimum atomic E-state index is -1.22. The van der Waals surface area contributed by atoms with Gasteiger partial charge in [-0.05, 0) is 38.8 Å². The molecule has 0 saturated heterocycles. The summed E-state index contributed by atoms with van der Waals surface area (Å²) in [6, 6.07) is 10.8. The summed E-state index contributed by atoms with van der Waals surface area (Å²) in [5.74, 6) is -1.22. The van der Waals surface area contributed by atoms with Crippen LogP contribution < -0.4 is 10.6 Å². The lowest BCUT2D eigenvalue weighted by molar-refractivity contribution is -0.133. The summed E-state index contributed by atoms with van der Waals surface area (Å²) in [6.07, 6.45) is 3.39. The van der Waals surface area contributed by atoms with Crippen LogP contribution in [-0.4, -0.2) is 63.8 Å². The summed E-state index contributed by atoms with van der Waals surface area (Å²) < 4.78 is 0. The lowest BCUT2D eigenvalue weighted by Crippen LogP contribution is -2.55. The lowest BCUT2D eigenvalue weighted by atomic mass is 9.95. The van der Waals surface area contributed by atoms with Gasteiger partial charge >= 0.3 is 18.0 Å². The summed E-state index contributed by atoms with van der Waals surface area (Å²) in [5, 5.41) is 15.8. The Labute approximate surface area is 203 Å². The van der Waals surface area contributed by atoms with Crippen molar-refractivity contribution >= 4 is 29.8 Å². The molecule has 0 aliphatic carbocycles. The maximum atomic E-state index is 13.2. The van der Waals surface area contributed by atoms with E-state index in [4.69, 9.17) is 0 Å². The molecule has 9 nitrogen and oxygen atoms in total. The average Bonchev–Trinajstić information content (AvgIpc) is 2.82. The predicted molar refractivity (Wildman–Crippen MR) is 130 cm³/mol. The molecule has 1 aromatic heterocycles. The van der Waals surface area contributed by atoms with Crippen LogP contribution in [0.1, 0.15) is 31.0 Å². The molecule has 1 aliphatic heterocycles. The van der Waals surface area contributed by atoms with Crippen LogP contribution in [0.5, 0.6) is 0 Å². The number of carboxylic acid groups (broad SMARTS) is 1. The zero-order valence-electron chi connectivity index (χ0n) is 19.6. The van der Waals surface area contributed by atoms with Crippen molar-refractivity contribution in [2.75, 3.05) is 19.8 Å². The van der Waals surface area contributed by atoms with E-state index in [9.17, 15) is 19.5 Å². The molecule has 2 atom stereocenters. The summed E-state index contributed by atoms with van der Waals surface area (Å²) >= 11 is 1.32. The van der Waals surface area contributed by atoms with Gasteiger partial charge in [0.05, 0.1) is 5.57 Å². The van der Waals surface area contributed by atoms with E-state index in [1.54, 1.807) is 24.6 Å². The number of carboxylic acids is 1. The van der Waals surface area contributed by atoms with Crippen molar-refractivity contribution in [1.29, 1.82) is 0 Å². The molecule has 0 saturated carbocycles. The highest BCUT2D eigenvalue weighted by Gasteiger charge is 2.42. The Morgan fingerprint density at radius 1 is 1.26 bits per heavy atom. The number of amides is 4. The van der Waals surface area contributed by atoms with Crippen molar-refractivity contribution in [1.82, 2.24) is 25.4 Å². The average molecular weight is 484 g/mol. The van der Waals surface area contributed by atoms with E-state index in [1.165, 1.54) is 18.7 Å². The number of pyridine rings is 1. The molecule has 4 amide bonds. The lowest BCUT2D eigenvalue weighted by Gasteiger charge is -2.36. The standard InChI is InChI=1S/C24H29N5O4S/c1-15(28(3)14-17-9-6-5-7-10-17)13-26-23(32)29-20(18-11-8-12-25-21(18)34-4)19(22(30)31)16(2)27-24(29)33/h5-12,15,20H,13-14H2,1-4H3,(H,26,32)(H,27,33)(H,30,31). The number of nitrogens with one attached hydrogen (secondary N) is 2. The number of carbonyl (C=O) groups is 3. The van der Waals surface area contributed by atoms with E-state index in [0.717, 1.165) is 10.5 Å². The van der Waals surface area contributed by atoms with Crippen LogP contribution in [0.25, 0.3) is 0 Å². The second kappa shape index (κ2) is 11.2. The molecule has 0 spiro atoms. The number of urea groups is 2. The molecule has 0 fully saturated rings. The van der Waals surface area contributed by atoms with Crippen molar-refractivity contribution in [3.05, 3.63) is 71.1 Å². The maximum Gasteiger partial charge on any atom is 0.335 e. The molecule has 1 aromatic carbocycles. The zero-order valence-corrected chi connectivity index (χ0v) is 20.4. The Hall–Kier alpha value is -3.37. The third kappa shape index (κ3) is 5.57. The number of carbonyl (C=O) groups excluding carboxylic acids is 2. The first-order valence-electron chi connectivity index (χ1n) is 10.8. The van der Waals surface area contributed by atoms with Crippen molar-refractivity contribution in [2.24, 2.45) is 0 Å². The number of aliphatic carboxylic acids is 1. The number of allylic oxidation sites excluding steroid dienone is 1. The second-order valence-corrected chi connectivity index (χ2v) is 8.88. The van der Waals surface area contributed by atoms with E-state index in [1.807, 2.05) is 44.3 Å². The maximum absolute atomic E-state index is 13.2. The first kappa shape index (κ1) is 25.3. The molecule has 3 rings (SSSR count). The molecule has 2 unspecified atom stereocenters. The van der Waals surface area contributed by atoms with Crippen LogP contribution in [0, 0.1) is 0 Å². The molecule has 0 bridgehead atoms. The number of nitrogens with zero attached hydrogens (tertiary/aromatic N) is 3. The number of aromatic nitrogens is 1. The van der Waals surface area contributed by atoms with Gasteiger partial charge in [-0.1, -0.05) is 36.4 Å². The van der Waals surface area contributed by atoms with Crippen LogP contribution >= 0.6 is 11.8 Å². The zero-order chi connectivity index (χ0) is 24.8.